The van der Waals surface area contributed by atoms with Crippen molar-refractivity contribution in [1.82, 2.24) is 9.97 Å². The van der Waals surface area contributed by atoms with Crippen LogP contribution in [0.15, 0.2) is 18.7 Å². The van der Waals surface area contributed by atoms with Crippen molar-refractivity contribution in [3.63, 3.8) is 0 Å². The summed E-state index contributed by atoms with van der Waals surface area (Å²) < 4.78 is 54.2. The van der Waals surface area contributed by atoms with E-state index in [0.29, 0.717) is 0 Å². The van der Waals surface area contributed by atoms with Crippen molar-refractivity contribution in [3.8, 4) is 0 Å². The van der Waals surface area contributed by atoms with Crippen molar-refractivity contribution in [2.75, 3.05) is 24.7 Å². The molecule has 1 aromatic rings. The summed E-state index contributed by atoms with van der Waals surface area (Å²) >= 11 is 0. The lowest BCUT2D eigenvalue weighted by atomic mass is 10.9. The molecule has 0 aliphatic heterocycles. The topological polar surface area (TPSA) is 178 Å². The third kappa shape index (κ3) is 26.5. The van der Waals surface area contributed by atoms with Crippen molar-refractivity contribution >= 4 is 20.2 Å². The van der Waals surface area contributed by atoms with Gasteiger partial charge in [-0.2, -0.15) is 16.8 Å². The molecule has 0 aliphatic carbocycles. The van der Waals surface area contributed by atoms with Crippen LogP contribution in [0, 0.1) is 0 Å². The molecule has 0 aliphatic rings. The molecule has 5 N–H and O–H groups in total. The van der Waals surface area contributed by atoms with E-state index in [1.165, 1.54) is 0 Å². The Morgan fingerprint density at radius 2 is 1.37 bits per heavy atom. The van der Waals surface area contributed by atoms with Crippen LogP contribution >= 0.6 is 0 Å². The zero-order valence-corrected chi connectivity index (χ0v) is 11.4. The number of imidazole rings is 1. The van der Waals surface area contributed by atoms with Crippen LogP contribution in [0.2, 0.25) is 0 Å². The van der Waals surface area contributed by atoms with E-state index in [4.69, 9.17) is 19.3 Å². The molecule has 0 spiro atoms. The van der Waals surface area contributed by atoms with Crippen molar-refractivity contribution in [1.29, 1.82) is 0 Å². The molecule has 0 fully saturated rings. The van der Waals surface area contributed by atoms with E-state index in [0.717, 1.165) is 0 Å². The van der Waals surface area contributed by atoms with Crippen LogP contribution in [0.3, 0.4) is 0 Å². The summed E-state index contributed by atoms with van der Waals surface area (Å²) in [5.41, 5.74) is 0. The molecule has 19 heavy (non-hydrogen) atoms. The van der Waals surface area contributed by atoms with E-state index >= 15 is 0 Å². The average Bonchev–Trinajstić information content (AvgIpc) is 2.71. The number of rotatable bonds is 4. The van der Waals surface area contributed by atoms with Crippen LogP contribution in [-0.2, 0) is 20.2 Å². The third-order valence-electron chi connectivity index (χ3n) is 1.10. The van der Waals surface area contributed by atoms with Gasteiger partial charge in [0.1, 0.15) is 0 Å². The van der Waals surface area contributed by atoms with Crippen molar-refractivity contribution < 1.29 is 36.2 Å². The molecule has 12 heteroatoms. The Hall–Kier alpha value is -1.05. The predicted molar refractivity (Wildman–Crippen MR) is 65.6 cm³/mol. The molecule has 0 saturated heterocycles. The summed E-state index contributed by atoms with van der Waals surface area (Å²) in [4.78, 5) is 6.42. The summed E-state index contributed by atoms with van der Waals surface area (Å²) in [6, 6.07) is 0. The van der Waals surface area contributed by atoms with Crippen LogP contribution in [0.1, 0.15) is 0 Å². The van der Waals surface area contributed by atoms with Gasteiger partial charge in [0.05, 0.1) is 31.0 Å². The number of hydrogen-bond acceptors (Lipinski definition) is 7. The number of aliphatic hydroxyl groups excluding tert-OH is 2. The summed E-state index contributed by atoms with van der Waals surface area (Å²) in [6.07, 6.45) is 5.08. The number of H-pyrrole nitrogens is 1. The summed E-state index contributed by atoms with van der Waals surface area (Å²) in [5, 5.41) is 15.7. The molecule has 1 aromatic heterocycles. The van der Waals surface area contributed by atoms with E-state index < -0.39 is 45.0 Å². The fraction of sp³-hybridized carbons (Fsp3) is 0.571. The number of hydrogen-bond donors (Lipinski definition) is 5. The van der Waals surface area contributed by atoms with Crippen LogP contribution in [0.4, 0.5) is 0 Å². The highest BCUT2D eigenvalue weighted by atomic mass is 32.2. The van der Waals surface area contributed by atoms with Gasteiger partial charge >= 0.3 is 0 Å². The molecular weight excluding hydrogens is 304 g/mol. The summed E-state index contributed by atoms with van der Waals surface area (Å²) in [7, 11) is -7.85. The quantitative estimate of drug-likeness (QED) is 0.398. The first-order chi connectivity index (χ1) is 8.62. The molecule has 10 nitrogen and oxygen atoms in total. The Morgan fingerprint density at radius 1 is 0.947 bits per heavy atom. The number of aromatic amines is 1. The summed E-state index contributed by atoms with van der Waals surface area (Å²) in [6.45, 7) is -1.06. The Labute approximate surface area is 110 Å². The van der Waals surface area contributed by atoms with E-state index in [-0.39, 0.29) is 0 Å². The van der Waals surface area contributed by atoms with Gasteiger partial charge in [-0.1, -0.05) is 0 Å². The standard InChI is InChI=1S/C3H4N2.2C2H6O4S/c1-2-5-3-4-1;2*3-1-2-7(4,5)6/h1-3H,(H,4,5);2*3H,1-2H2,(H,4,5,6). The van der Waals surface area contributed by atoms with Gasteiger partial charge in [0.15, 0.2) is 0 Å². The highest BCUT2D eigenvalue weighted by molar-refractivity contribution is 7.86. The average molecular weight is 320 g/mol. The van der Waals surface area contributed by atoms with Crippen LogP contribution < -0.4 is 0 Å². The molecule has 0 aromatic carbocycles. The normalized spacial score (nSPS) is 10.7. The fourth-order valence-electron chi connectivity index (χ4n) is 0.446. The number of aromatic nitrogens is 2. The second-order valence-electron chi connectivity index (χ2n) is 2.78. The van der Waals surface area contributed by atoms with Crippen LogP contribution in [-0.4, -0.2) is 70.8 Å². The van der Waals surface area contributed by atoms with E-state index in [9.17, 15) is 16.8 Å². The second-order valence-corrected chi connectivity index (χ2v) is 5.92. The SMILES string of the molecule is O=S(=O)(O)CCO.O=S(=O)(O)CCO.c1c[nH]cn1. The van der Waals surface area contributed by atoms with Crippen LogP contribution in [0.25, 0.3) is 0 Å². The Kier molecular flexibility index (Phi) is 11.6. The maximum atomic E-state index is 9.63. The first-order valence-electron chi connectivity index (χ1n) is 4.67. The molecule has 0 saturated carbocycles. The van der Waals surface area contributed by atoms with Gasteiger partial charge in [0, 0.05) is 12.4 Å². The maximum absolute atomic E-state index is 9.63. The molecule has 1 rings (SSSR count). The first-order valence-corrected chi connectivity index (χ1v) is 7.89. The summed E-state index contributed by atoms with van der Waals surface area (Å²) in [5.74, 6) is -1.15. The van der Waals surface area contributed by atoms with E-state index in [2.05, 4.69) is 9.97 Å². The maximum Gasteiger partial charge on any atom is 0.267 e. The molecule has 0 atom stereocenters. The highest BCUT2D eigenvalue weighted by Crippen LogP contribution is 1.76. The van der Waals surface area contributed by atoms with Crippen molar-refractivity contribution in [2.45, 2.75) is 0 Å². The lowest BCUT2D eigenvalue weighted by Crippen LogP contribution is -2.06. The third-order valence-corrected chi connectivity index (χ3v) is 2.50. The van der Waals surface area contributed by atoms with Crippen molar-refractivity contribution in [2.24, 2.45) is 0 Å². The van der Waals surface area contributed by atoms with Crippen molar-refractivity contribution in [3.05, 3.63) is 18.7 Å². The van der Waals surface area contributed by atoms with Gasteiger partial charge < -0.3 is 15.2 Å². The zero-order valence-electron chi connectivity index (χ0n) is 9.75. The Morgan fingerprint density at radius 3 is 1.42 bits per heavy atom. The van der Waals surface area contributed by atoms with Crippen LogP contribution in [0.5, 0.6) is 0 Å². The monoisotopic (exact) mass is 320 g/mol. The molecule has 0 unspecified atom stereocenters. The number of nitrogens with zero attached hydrogens (tertiary/aromatic N) is 1. The minimum absolute atomic E-state index is 0.529. The number of aliphatic hydroxyl groups is 2. The smallest absolute Gasteiger partial charge is 0.267 e. The minimum Gasteiger partial charge on any atom is -0.395 e. The Bertz CT molecular complexity index is 430. The molecule has 0 bridgehead atoms. The lowest BCUT2D eigenvalue weighted by Gasteiger charge is -1.85. The second kappa shape index (κ2) is 10.8. The predicted octanol–water partition coefficient (Wildman–Crippen LogP) is -1.86. The van der Waals surface area contributed by atoms with E-state index in [1.807, 2.05) is 0 Å². The largest absolute Gasteiger partial charge is 0.395 e. The highest BCUT2D eigenvalue weighted by Gasteiger charge is 1.99. The van der Waals surface area contributed by atoms with Gasteiger partial charge in [-0.25, -0.2) is 4.98 Å². The minimum atomic E-state index is -3.92. The van der Waals surface area contributed by atoms with Gasteiger partial charge in [-0.15, -0.1) is 0 Å². The van der Waals surface area contributed by atoms with Gasteiger partial charge in [0.2, 0.25) is 0 Å². The molecule has 0 amide bonds. The number of nitrogens with one attached hydrogen (secondary N) is 1. The van der Waals surface area contributed by atoms with Gasteiger partial charge in [-0.3, -0.25) is 9.11 Å². The van der Waals surface area contributed by atoms with Gasteiger partial charge in [-0.05, 0) is 0 Å². The lowest BCUT2D eigenvalue weighted by molar-refractivity contribution is 0.314. The fourth-order valence-corrected chi connectivity index (χ4v) is 0.907. The zero-order chi connectivity index (χ0) is 15.4. The molecular formula is C7H16N2O8S2. The van der Waals surface area contributed by atoms with Gasteiger partial charge in [0.25, 0.3) is 20.2 Å². The molecule has 1 heterocycles. The molecule has 114 valence electrons. The molecule has 0 radical (unpaired) electrons. The first kappa shape index (κ1) is 20.3. The Balaban J connectivity index is 0. The van der Waals surface area contributed by atoms with E-state index in [1.54, 1.807) is 18.7 Å².